The Morgan fingerprint density at radius 2 is 1.83 bits per heavy atom. The number of nitrogens with one attached hydrogen (secondary N) is 1. The Balaban J connectivity index is 1.62. The topological polar surface area (TPSA) is 69.0 Å². The van der Waals surface area contributed by atoms with Crippen LogP contribution in [0.3, 0.4) is 0 Å². The average Bonchev–Trinajstić information content (AvgIpc) is 3.13. The summed E-state index contributed by atoms with van der Waals surface area (Å²) in [4.78, 5) is 12.4. The van der Waals surface area contributed by atoms with E-state index in [1.165, 1.54) is 11.8 Å². The number of nitrogens with zero attached hydrogens (tertiary/aromatic N) is 3. The Hall–Kier alpha value is -2.80. The number of ether oxygens (including phenoxy) is 1. The zero-order valence-corrected chi connectivity index (χ0v) is 18.5. The molecule has 3 rings (SSSR count). The number of hydrogen-bond donors (Lipinski definition) is 1. The molecule has 0 bridgehead atoms. The van der Waals surface area contributed by atoms with E-state index < -0.39 is 0 Å². The van der Waals surface area contributed by atoms with E-state index >= 15 is 0 Å². The highest BCUT2D eigenvalue weighted by atomic mass is 32.2. The van der Waals surface area contributed by atoms with Crippen molar-refractivity contribution in [3.63, 3.8) is 0 Å². The lowest BCUT2D eigenvalue weighted by Crippen LogP contribution is -2.15. The molecule has 0 spiro atoms. The van der Waals surface area contributed by atoms with E-state index in [4.69, 9.17) is 4.74 Å². The van der Waals surface area contributed by atoms with Gasteiger partial charge < -0.3 is 14.6 Å². The van der Waals surface area contributed by atoms with Gasteiger partial charge in [0, 0.05) is 12.2 Å². The Morgan fingerprint density at radius 1 is 1.10 bits per heavy atom. The van der Waals surface area contributed by atoms with Gasteiger partial charge in [0.25, 0.3) is 0 Å². The standard InChI is InChI=1S/C23H28N4O2S/c1-17(2)13-14-27-21(15-29-20-7-5-4-6-8-20)25-26-23(27)30-16-22(28)24-19-11-9-18(3)10-12-19/h4-12,17H,13-16H2,1-3H3,(H,24,28). The van der Waals surface area contributed by atoms with Crippen LogP contribution in [0.25, 0.3) is 0 Å². The first kappa shape index (κ1) is 21.9. The van der Waals surface area contributed by atoms with Crippen LogP contribution < -0.4 is 10.1 Å². The minimum atomic E-state index is -0.0654. The maximum absolute atomic E-state index is 12.4. The molecule has 3 aromatic rings. The second-order valence-corrected chi connectivity index (χ2v) is 8.48. The molecule has 0 atom stereocenters. The molecule has 2 aromatic carbocycles. The molecule has 0 aliphatic carbocycles. The van der Waals surface area contributed by atoms with E-state index in [-0.39, 0.29) is 11.7 Å². The number of para-hydroxylation sites is 1. The monoisotopic (exact) mass is 424 g/mol. The number of anilines is 1. The Kier molecular flexibility index (Phi) is 7.90. The summed E-state index contributed by atoms with van der Waals surface area (Å²) in [7, 11) is 0. The van der Waals surface area contributed by atoms with Crippen LogP contribution in [-0.4, -0.2) is 26.4 Å². The van der Waals surface area contributed by atoms with Gasteiger partial charge in [0.15, 0.2) is 11.0 Å². The molecule has 6 nitrogen and oxygen atoms in total. The molecular formula is C23H28N4O2S. The number of hydrogen-bond acceptors (Lipinski definition) is 5. The minimum Gasteiger partial charge on any atom is -0.486 e. The quantitative estimate of drug-likeness (QED) is 0.467. The van der Waals surface area contributed by atoms with E-state index in [0.29, 0.717) is 12.5 Å². The van der Waals surface area contributed by atoms with E-state index in [2.05, 4.69) is 33.9 Å². The van der Waals surface area contributed by atoms with Crippen molar-refractivity contribution in [3.05, 3.63) is 66.0 Å². The first-order valence-corrected chi connectivity index (χ1v) is 11.1. The van der Waals surface area contributed by atoms with E-state index in [0.717, 1.165) is 40.9 Å². The second kappa shape index (κ2) is 10.8. The van der Waals surface area contributed by atoms with Crippen molar-refractivity contribution >= 4 is 23.4 Å². The fraction of sp³-hybridized carbons (Fsp3) is 0.348. The highest BCUT2D eigenvalue weighted by Crippen LogP contribution is 2.21. The molecule has 1 amide bonds. The molecule has 0 saturated heterocycles. The minimum absolute atomic E-state index is 0.0654. The fourth-order valence-corrected chi connectivity index (χ4v) is 3.56. The second-order valence-electron chi connectivity index (χ2n) is 7.54. The average molecular weight is 425 g/mol. The number of carbonyl (C=O) groups excluding carboxylic acids is 1. The maximum atomic E-state index is 12.4. The van der Waals surface area contributed by atoms with Crippen molar-refractivity contribution in [2.75, 3.05) is 11.1 Å². The molecular weight excluding hydrogens is 396 g/mol. The lowest BCUT2D eigenvalue weighted by atomic mass is 10.1. The van der Waals surface area contributed by atoms with Crippen molar-refractivity contribution in [2.45, 2.75) is 45.5 Å². The number of aromatic nitrogens is 3. The van der Waals surface area contributed by atoms with Crippen LogP contribution in [0.4, 0.5) is 5.69 Å². The Morgan fingerprint density at radius 3 is 2.53 bits per heavy atom. The molecule has 30 heavy (non-hydrogen) atoms. The molecule has 158 valence electrons. The van der Waals surface area contributed by atoms with Crippen LogP contribution in [0.2, 0.25) is 0 Å². The van der Waals surface area contributed by atoms with Gasteiger partial charge in [0.1, 0.15) is 12.4 Å². The summed E-state index contributed by atoms with van der Waals surface area (Å²) in [5.41, 5.74) is 1.95. The third-order valence-corrected chi connectivity index (χ3v) is 5.47. The van der Waals surface area contributed by atoms with Crippen molar-refractivity contribution < 1.29 is 9.53 Å². The lowest BCUT2D eigenvalue weighted by molar-refractivity contribution is -0.113. The third-order valence-electron chi connectivity index (χ3n) is 4.50. The number of carbonyl (C=O) groups is 1. The number of thioether (sulfide) groups is 1. The van der Waals surface area contributed by atoms with Gasteiger partial charge in [-0.25, -0.2) is 0 Å². The van der Waals surface area contributed by atoms with Gasteiger partial charge in [-0.1, -0.05) is 61.5 Å². The fourth-order valence-electron chi connectivity index (χ4n) is 2.77. The van der Waals surface area contributed by atoms with E-state index in [1.54, 1.807) is 0 Å². The molecule has 0 aliphatic heterocycles. The molecule has 1 aromatic heterocycles. The largest absolute Gasteiger partial charge is 0.486 e. The number of benzene rings is 2. The smallest absolute Gasteiger partial charge is 0.234 e. The van der Waals surface area contributed by atoms with Crippen molar-refractivity contribution in [3.8, 4) is 5.75 Å². The predicted molar refractivity (Wildman–Crippen MR) is 121 cm³/mol. The number of aryl methyl sites for hydroxylation is 1. The maximum Gasteiger partial charge on any atom is 0.234 e. The molecule has 7 heteroatoms. The normalized spacial score (nSPS) is 10.9. The van der Waals surface area contributed by atoms with Gasteiger partial charge in [-0.05, 0) is 43.5 Å². The third kappa shape index (κ3) is 6.62. The first-order valence-electron chi connectivity index (χ1n) is 10.1. The van der Waals surface area contributed by atoms with Crippen LogP contribution in [-0.2, 0) is 17.9 Å². The zero-order valence-electron chi connectivity index (χ0n) is 17.7. The molecule has 0 radical (unpaired) electrons. The van der Waals surface area contributed by atoms with Crippen LogP contribution in [0.5, 0.6) is 5.75 Å². The first-order chi connectivity index (χ1) is 14.5. The van der Waals surface area contributed by atoms with Gasteiger partial charge in [-0.3, -0.25) is 4.79 Å². The van der Waals surface area contributed by atoms with Gasteiger partial charge in [-0.2, -0.15) is 0 Å². The lowest BCUT2D eigenvalue weighted by Gasteiger charge is -2.12. The van der Waals surface area contributed by atoms with Crippen molar-refractivity contribution in [1.82, 2.24) is 14.8 Å². The van der Waals surface area contributed by atoms with Crippen LogP contribution in [0.15, 0.2) is 59.8 Å². The summed E-state index contributed by atoms with van der Waals surface area (Å²) in [6.07, 6.45) is 1.000. The summed E-state index contributed by atoms with van der Waals surface area (Å²) in [5.74, 6) is 2.32. The zero-order chi connectivity index (χ0) is 21.3. The van der Waals surface area contributed by atoms with Gasteiger partial charge >= 0.3 is 0 Å². The molecule has 0 saturated carbocycles. The molecule has 1 heterocycles. The van der Waals surface area contributed by atoms with Crippen molar-refractivity contribution in [1.29, 1.82) is 0 Å². The van der Waals surface area contributed by atoms with Gasteiger partial charge in [0.2, 0.25) is 5.91 Å². The Bertz CT molecular complexity index is 940. The van der Waals surface area contributed by atoms with E-state index in [1.807, 2.05) is 61.5 Å². The summed E-state index contributed by atoms with van der Waals surface area (Å²) in [6.45, 7) is 7.52. The van der Waals surface area contributed by atoms with Crippen LogP contribution in [0.1, 0.15) is 31.7 Å². The summed E-state index contributed by atoms with van der Waals surface area (Å²) in [6, 6.07) is 17.4. The Labute approximate surface area is 182 Å². The van der Waals surface area contributed by atoms with Crippen LogP contribution in [0, 0.1) is 12.8 Å². The van der Waals surface area contributed by atoms with Gasteiger partial charge in [0.05, 0.1) is 5.75 Å². The SMILES string of the molecule is Cc1ccc(NC(=O)CSc2nnc(COc3ccccc3)n2CCC(C)C)cc1. The molecule has 0 unspecified atom stereocenters. The van der Waals surface area contributed by atoms with Crippen molar-refractivity contribution in [2.24, 2.45) is 5.92 Å². The summed E-state index contributed by atoms with van der Waals surface area (Å²) < 4.78 is 7.92. The van der Waals surface area contributed by atoms with Gasteiger partial charge in [-0.15, -0.1) is 10.2 Å². The highest BCUT2D eigenvalue weighted by Gasteiger charge is 2.15. The molecule has 1 N–H and O–H groups in total. The van der Waals surface area contributed by atoms with Crippen LogP contribution >= 0.6 is 11.8 Å². The predicted octanol–water partition coefficient (Wildman–Crippen LogP) is 4.94. The highest BCUT2D eigenvalue weighted by molar-refractivity contribution is 7.99. The molecule has 0 fully saturated rings. The number of rotatable bonds is 10. The van der Waals surface area contributed by atoms with E-state index in [9.17, 15) is 4.79 Å². The summed E-state index contributed by atoms with van der Waals surface area (Å²) in [5, 5.41) is 12.3. The molecule has 0 aliphatic rings. The summed E-state index contributed by atoms with van der Waals surface area (Å²) >= 11 is 1.39. The number of amides is 1.